The van der Waals surface area contributed by atoms with E-state index < -0.39 is 0 Å². The molecule has 0 radical (unpaired) electrons. The van der Waals surface area contributed by atoms with Crippen molar-refractivity contribution in [3.63, 3.8) is 0 Å². The van der Waals surface area contributed by atoms with Crippen LogP contribution >= 0.6 is 35.4 Å². The van der Waals surface area contributed by atoms with Crippen molar-refractivity contribution in [1.82, 2.24) is 10.3 Å². The third-order valence-corrected chi connectivity index (χ3v) is 5.81. The maximum atomic E-state index is 12.5. The zero-order valence-corrected chi connectivity index (χ0v) is 20.7. The molecule has 0 unspecified atom stereocenters. The van der Waals surface area contributed by atoms with E-state index in [0.29, 0.717) is 49.6 Å². The number of nitrogens with one attached hydrogen (secondary N) is 2. The molecule has 0 aliphatic rings. The fraction of sp³-hybridized carbons (Fsp3) is 0.160. The van der Waals surface area contributed by atoms with Crippen molar-refractivity contribution >= 4 is 63.2 Å². The zero-order valence-electron chi connectivity index (χ0n) is 18.4. The lowest BCUT2D eigenvalue weighted by atomic mass is 10.2. The summed E-state index contributed by atoms with van der Waals surface area (Å²) in [6, 6.07) is 17.3. The van der Waals surface area contributed by atoms with Crippen molar-refractivity contribution < 1.29 is 13.9 Å². The Kier molecular flexibility index (Phi) is 7.36. The first kappa shape index (κ1) is 24.0. The van der Waals surface area contributed by atoms with Crippen LogP contribution in [0.1, 0.15) is 30.6 Å². The molecule has 0 fully saturated rings. The molecule has 1 heterocycles. The molecule has 6 nitrogen and oxygen atoms in total. The van der Waals surface area contributed by atoms with Gasteiger partial charge in [-0.1, -0.05) is 30.1 Å². The number of aromatic nitrogens is 1. The molecule has 0 saturated heterocycles. The van der Waals surface area contributed by atoms with Crippen LogP contribution in [0.25, 0.3) is 22.6 Å². The number of benzene rings is 3. The second kappa shape index (κ2) is 10.4. The molecule has 1 aromatic heterocycles. The maximum absolute atomic E-state index is 12.5. The predicted octanol–water partition coefficient (Wildman–Crippen LogP) is 7.11. The van der Waals surface area contributed by atoms with E-state index in [-0.39, 0.29) is 17.1 Å². The third-order valence-electron chi connectivity index (χ3n) is 5.06. The summed E-state index contributed by atoms with van der Waals surface area (Å²) >= 11 is 17.5. The van der Waals surface area contributed by atoms with Gasteiger partial charge in [0.15, 0.2) is 10.7 Å². The van der Waals surface area contributed by atoms with Crippen molar-refractivity contribution in [2.24, 2.45) is 0 Å². The van der Waals surface area contributed by atoms with Gasteiger partial charge in [0.25, 0.3) is 5.91 Å². The average Bonchev–Trinajstić information content (AvgIpc) is 3.22. The van der Waals surface area contributed by atoms with Crippen LogP contribution in [0.4, 0.5) is 5.69 Å². The molecule has 34 heavy (non-hydrogen) atoms. The number of carbonyl (C=O) groups excluding carboxylic acids is 1. The number of thiocarbonyl (C=S) groups is 1. The van der Waals surface area contributed by atoms with Gasteiger partial charge in [0.1, 0.15) is 11.3 Å². The van der Waals surface area contributed by atoms with Crippen LogP contribution in [0.15, 0.2) is 65.1 Å². The first-order chi connectivity index (χ1) is 16.3. The van der Waals surface area contributed by atoms with E-state index in [2.05, 4.69) is 22.5 Å². The molecule has 0 aliphatic heterocycles. The Balaban J connectivity index is 1.42. The van der Waals surface area contributed by atoms with Gasteiger partial charge < -0.3 is 14.5 Å². The number of hydrogen-bond acceptors (Lipinski definition) is 5. The monoisotopic (exact) mass is 513 g/mol. The van der Waals surface area contributed by atoms with Crippen LogP contribution in [-0.4, -0.2) is 22.1 Å². The molecule has 3 aromatic carbocycles. The number of fused-ring (bicyclic) bond motifs is 1. The second-order valence-electron chi connectivity index (χ2n) is 7.60. The summed E-state index contributed by atoms with van der Waals surface area (Å²) in [4.78, 5) is 17.0. The van der Waals surface area contributed by atoms with E-state index in [1.807, 2.05) is 6.92 Å². The number of rotatable bonds is 6. The molecule has 9 heteroatoms. The zero-order chi connectivity index (χ0) is 24.2. The van der Waals surface area contributed by atoms with Gasteiger partial charge >= 0.3 is 0 Å². The Morgan fingerprint density at radius 3 is 2.59 bits per heavy atom. The summed E-state index contributed by atoms with van der Waals surface area (Å²) in [5.41, 5.74) is 2.95. The average molecular weight is 514 g/mol. The molecular formula is C25H21Cl2N3O3S. The minimum absolute atomic E-state index is 0.109. The number of ether oxygens (including phenoxy) is 1. The molecule has 174 valence electrons. The Morgan fingerprint density at radius 2 is 1.88 bits per heavy atom. The SMILES string of the molecule is CC[C@@H](C)Oc1ccc(C(=O)NC(=S)Nc2ccc3oc(-c4ccc(Cl)cc4Cl)nc3c2)cc1. The summed E-state index contributed by atoms with van der Waals surface area (Å²) in [5.74, 6) is 0.770. The smallest absolute Gasteiger partial charge is 0.257 e. The van der Waals surface area contributed by atoms with E-state index in [1.54, 1.807) is 60.7 Å². The fourth-order valence-corrected chi connectivity index (χ4v) is 3.82. The fourth-order valence-electron chi connectivity index (χ4n) is 3.12. The number of carbonyl (C=O) groups is 1. The van der Waals surface area contributed by atoms with E-state index in [4.69, 9.17) is 44.6 Å². The van der Waals surface area contributed by atoms with Gasteiger partial charge in [0.2, 0.25) is 5.89 Å². The van der Waals surface area contributed by atoms with Gasteiger partial charge in [0.05, 0.1) is 16.7 Å². The summed E-state index contributed by atoms with van der Waals surface area (Å²) in [6.07, 6.45) is 1.01. The predicted molar refractivity (Wildman–Crippen MR) is 140 cm³/mol. The number of anilines is 1. The summed E-state index contributed by atoms with van der Waals surface area (Å²) in [5, 5.41) is 6.81. The highest BCUT2D eigenvalue weighted by molar-refractivity contribution is 7.80. The highest BCUT2D eigenvalue weighted by Crippen LogP contribution is 2.32. The van der Waals surface area contributed by atoms with Gasteiger partial charge in [-0.05, 0) is 86.2 Å². The van der Waals surface area contributed by atoms with Gasteiger partial charge in [-0.2, -0.15) is 0 Å². The Labute approximate surface area is 212 Å². The highest BCUT2D eigenvalue weighted by atomic mass is 35.5. The third kappa shape index (κ3) is 5.67. The Bertz CT molecular complexity index is 1360. The number of amides is 1. The summed E-state index contributed by atoms with van der Waals surface area (Å²) in [7, 11) is 0. The number of nitrogens with zero attached hydrogens (tertiary/aromatic N) is 1. The molecule has 1 atom stereocenters. The first-order valence-corrected chi connectivity index (χ1v) is 11.7. The van der Waals surface area contributed by atoms with Gasteiger partial charge in [-0.25, -0.2) is 4.98 Å². The van der Waals surface area contributed by atoms with Crippen molar-refractivity contribution in [2.45, 2.75) is 26.4 Å². The molecule has 0 spiro atoms. The van der Waals surface area contributed by atoms with Crippen molar-refractivity contribution in [3.05, 3.63) is 76.3 Å². The van der Waals surface area contributed by atoms with Crippen LogP contribution in [-0.2, 0) is 0 Å². The quantitative estimate of drug-likeness (QED) is 0.267. The largest absolute Gasteiger partial charge is 0.491 e. The van der Waals surface area contributed by atoms with Crippen LogP contribution < -0.4 is 15.4 Å². The van der Waals surface area contributed by atoms with E-state index in [0.717, 1.165) is 6.42 Å². The Morgan fingerprint density at radius 1 is 1.12 bits per heavy atom. The topological polar surface area (TPSA) is 76.4 Å². The lowest BCUT2D eigenvalue weighted by molar-refractivity contribution is 0.0977. The van der Waals surface area contributed by atoms with Crippen LogP contribution in [0.3, 0.4) is 0 Å². The molecule has 0 saturated carbocycles. The van der Waals surface area contributed by atoms with Crippen molar-refractivity contribution in [3.8, 4) is 17.2 Å². The molecule has 0 bridgehead atoms. The second-order valence-corrected chi connectivity index (χ2v) is 8.85. The highest BCUT2D eigenvalue weighted by Gasteiger charge is 2.14. The molecular weight excluding hydrogens is 493 g/mol. The van der Waals surface area contributed by atoms with Crippen molar-refractivity contribution in [2.75, 3.05) is 5.32 Å². The van der Waals surface area contributed by atoms with Gasteiger partial charge in [-0.3, -0.25) is 10.1 Å². The number of hydrogen-bond donors (Lipinski definition) is 2. The van der Waals surface area contributed by atoms with E-state index in [9.17, 15) is 4.79 Å². The number of oxazole rings is 1. The van der Waals surface area contributed by atoms with Crippen LogP contribution in [0.2, 0.25) is 10.0 Å². The van der Waals surface area contributed by atoms with Crippen LogP contribution in [0, 0.1) is 0 Å². The van der Waals surface area contributed by atoms with Gasteiger partial charge in [0, 0.05) is 16.3 Å². The summed E-state index contributed by atoms with van der Waals surface area (Å²) < 4.78 is 11.6. The van der Waals surface area contributed by atoms with Crippen LogP contribution in [0.5, 0.6) is 5.75 Å². The van der Waals surface area contributed by atoms with E-state index >= 15 is 0 Å². The molecule has 4 aromatic rings. The van der Waals surface area contributed by atoms with Crippen molar-refractivity contribution in [1.29, 1.82) is 0 Å². The van der Waals surface area contributed by atoms with Gasteiger partial charge in [-0.15, -0.1) is 0 Å². The lowest BCUT2D eigenvalue weighted by Crippen LogP contribution is -2.34. The molecule has 2 N–H and O–H groups in total. The Hall–Kier alpha value is -3.13. The van der Waals surface area contributed by atoms with E-state index in [1.165, 1.54) is 0 Å². The minimum Gasteiger partial charge on any atom is -0.491 e. The lowest BCUT2D eigenvalue weighted by Gasteiger charge is -2.13. The normalized spacial score (nSPS) is 11.8. The minimum atomic E-state index is -0.324. The first-order valence-electron chi connectivity index (χ1n) is 10.6. The maximum Gasteiger partial charge on any atom is 0.257 e. The molecule has 4 rings (SSSR count). The standard InChI is InChI=1S/C25H21Cl2N3O3S/c1-3-14(2)32-18-8-4-15(5-9-18)23(31)30-25(34)28-17-7-11-22-21(13-17)29-24(33-22)19-10-6-16(26)12-20(19)27/h4-14H,3H2,1-2H3,(H2,28,30,31,34)/t14-/m1/s1. The molecule has 0 aliphatic carbocycles. The number of halogens is 2. The summed E-state index contributed by atoms with van der Waals surface area (Å²) in [6.45, 7) is 4.05. The molecule has 1 amide bonds.